The standard InChI is InChI=1S/C23H19ClN2O/c24-19-11-13-20(14-12-19)27-17-16-26-22-9-5-4-8-21(22)25-23(26)15-10-18-6-2-1-3-7-18/h1-15H,16-17H2. The van der Waals surface area contributed by atoms with Crippen molar-refractivity contribution in [2.75, 3.05) is 6.61 Å². The zero-order valence-corrected chi connectivity index (χ0v) is 15.5. The summed E-state index contributed by atoms with van der Waals surface area (Å²) in [5.74, 6) is 1.73. The molecule has 0 amide bonds. The van der Waals surface area contributed by atoms with E-state index in [0.717, 1.165) is 28.2 Å². The number of imidazole rings is 1. The molecular formula is C23H19ClN2O. The van der Waals surface area contributed by atoms with Crippen molar-refractivity contribution in [1.82, 2.24) is 9.55 Å². The third kappa shape index (κ3) is 4.21. The van der Waals surface area contributed by atoms with E-state index >= 15 is 0 Å². The molecule has 0 unspecified atom stereocenters. The molecule has 0 aliphatic heterocycles. The van der Waals surface area contributed by atoms with Crippen molar-refractivity contribution >= 4 is 34.8 Å². The van der Waals surface area contributed by atoms with Gasteiger partial charge in [-0.1, -0.05) is 60.1 Å². The summed E-state index contributed by atoms with van der Waals surface area (Å²) in [6.45, 7) is 1.26. The second kappa shape index (κ2) is 8.11. The summed E-state index contributed by atoms with van der Waals surface area (Å²) in [5, 5.41) is 0.705. The molecule has 0 aliphatic carbocycles. The molecule has 134 valence electrons. The van der Waals surface area contributed by atoms with Crippen molar-refractivity contribution in [1.29, 1.82) is 0 Å². The highest BCUT2D eigenvalue weighted by Gasteiger charge is 2.08. The molecule has 0 bridgehead atoms. The molecule has 1 aromatic heterocycles. The Balaban J connectivity index is 1.56. The largest absolute Gasteiger partial charge is 0.492 e. The van der Waals surface area contributed by atoms with Crippen LogP contribution in [0.4, 0.5) is 0 Å². The number of hydrogen-bond donors (Lipinski definition) is 0. The van der Waals surface area contributed by atoms with Gasteiger partial charge in [0.25, 0.3) is 0 Å². The molecule has 0 saturated carbocycles. The van der Waals surface area contributed by atoms with Gasteiger partial charge in [-0.3, -0.25) is 0 Å². The number of benzene rings is 3. The third-order valence-corrected chi connectivity index (χ3v) is 4.56. The Labute approximate surface area is 163 Å². The van der Waals surface area contributed by atoms with Crippen molar-refractivity contribution in [3.05, 3.63) is 95.3 Å². The van der Waals surface area contributed by atoms with E-state index in [4.69, 9.17) is 21.3 Å². The van der Waals surface area contributed by atoms with Crippen LogP contribution in [-0.2, 0) is 6.54 Å². The summed E-state index contributed by atoms with van der Waals surface area (Å²) in [6.07, 6.45) is 4.13. The molecular weight excluding hydrogens is 356 g/mol. The molecule has 0 fully saturated rings. The fourth-order valence-electron chi connectivity index (χ4n) is 2.98. The molecule has 4 aromatic rings. The smallest absolute Gasteiger partial charge is 0.133 e. The van der Waals surface area contributed by atoms with Gasteiger partial charge < -0.3 is 9.30 Å². The first-order valence-corrected chi connectivity index (χ1v) is 9.24. The average molecular weight is 375 g/mol. The Morgan fingerprint density at radius 3 is 2.41 bits per heavy atom. The second-order valence-electron chi connectivity index (χ2n) is 6.16. The van der Waals surface area contributed by atoms with Crippen molar-refractivity contribution in [2.24, 2.45) is 0 Å². The predicted octanol–water partition coefficient (Wildman–Crippen LogP) is 5.94. The third-order valence-electron chi connectivity index (χ3n) is 4.31. The molecule has 27 heavy (non-hydrogen) atoms. The van der Waals surface area contributed by atoms with Crippen LogP contribution < -0.4 is 4.74 Å². The van der Waals surface area contributed by atoms with E-state index in [0.29, 0.717) is 18.2 Å². The van der Waals surface area contributed by atoms with Crippen LogP contribution in [0.3, 0.4) is 0 Å². The van der Waals surface area contributed by atoms with E-state index in [1.165, 1.54) is 0 Å². The SMILES string of the molecule is Clc1ccc(OCCn2c(C=Cc3ccccc3)nc3ccccc32)cc1. The van der Waals surface area contributed by atoms with Gasteiger partial charge in [0.05, 0.1) is 17.6 Å². The van der Waals surface area contributed by atoms with Gasteiger partial charge in [0.2, 0.25) is 0 Å². The van der Waals surface area contributed by atoms with Crippen LogP contribution in [0.2, 0.25) is 5.02 Å². The van der Waals surface area contributed by atoms with E-state index in [9.17, 15) is 0 Å². The lowest BCUT2D eigenvalue weighted by Crippen LogP contribution is -2.09. The lowest BCUT2D eigenvalue weighted by molar-refractivity contribution is 0.300. The fourth-order valence-corrected chi connectivity index (χ4v) is 3.10. The van der Waals surface area contributed by atoms with Gasteiger partial charge in [-0.15, -0.1) is 0 Å². The Morgan fingerprint density at radius 2 is 1.59 bits per heavy atom. The van der Waals surface area contributed by atoms with Crippen molar-refractivity contribution < 1.29 is 4.74 Å². The highest BCUT2D eigenvalue weighted by Crippen LogP contribution is 2.19. The minimum absolute atomic E-state index is 0.550. The fraction of sp³-hybridized carbons (Fsp3) is 0.0870. The van der Waals surface area contributed by atoms with Gasteiger partial charge in [0.1, 0.15) is 18.2 Å². The number of fused-ring (bicyclic) bond motifs is 1. The molecule has 3 aromatic carbocycles. The van der Waals surface area contributed by atoms with Crippen molar-refractivity contribution in [2.45, 2.75) is 6.54 Å². The van der Waals surface area contributed by atoms with Crippen molar-refractivity contribution in [3.63, 3.8) is 0 Å². The predicted molar refractivity (Wildman–Crippen MR) is 112 cm³/mol. The molecule has 0 N–H and O–H groups in total. The average Bonchev–Trinajstić information content (AvgIpc) is 3.06. The van der Waals surface area contributed by atoms with E-state index in [-0.39, 0.29) is 0 Å². The van der Waals surface area contributed by atoms with Crippen LogP contribution in [0.1, 0.15) is 11.4 Å². The summed E-state index contributed by atoms with van der Waals surface area (Å²) in [6, 6.07) is 25.8. The maximum atomic E-state index is 5.92. The summed E-state index contributed by atoms with van der Waals surface area (Å²) in [5.41, 5.74) is 3.23. The molecule has 0 spiro atoms. The summed E-state index contributed by atoms with van der Waals surface area (Å²) in [4.78, 5) is 4.77. The maximum absolute atomic E-state index is 5.92. The molecule has 3 nitrogen and oxygen atoms in total. The monoisotopic (exact) mass is 374 g/mol. The normalized spacial score (nSPS) is 11.3. The van der Waals surface area contributed by atoms with Gasteiger partial charge in [-0.25, -0.2) is 4.98 Å². The summed E-state index contributed by atoms with van der Waals surface area (Å²) >= 11 is 5.92. The van der Waals surface area contributed by atoms with Gasteiger partial charge in [0, 0.05) is 5.02 Å². The molecule has 0 saturated heterocycles. The van der Waals surface area contributed by atoms with E-state index < -0.39 is 0 Å². The number of hydrogen-bond acceptors (Lipinski definition) is 2. The Morgan fingerprint density at radius 1 is 0.852 bits per heavy atom. The number of halogens is 1. The van der Waals surface area contributed by atoms with E-state index in [1.807, 2.05) is 60.7 Å². The van der Waals surface area contributed by atoms with Crippen LogP contribution in [0.25, 0.3) is 23.2 Å². The van der Waals surface area contributed by atoms with E-state index in [2.05, 4.69) is 34.9 Å². The maximum Gasteiger partial charge on any atom is 0.133 e. The van der Waals surface area contributed by atoms with Gasteiger partial charge in [0.15, 0.2) is 0 Å². The number of aromatic nitrogens is 2. The van der Waals surface area contributed by atoms with Gasteiger partial charge in [-0.2, -0.15) is 0 Å². The number of ether oxygens (including phenoxy) is 1. The quantitative estimate of drug-likeness (QED) is 0.417. The Kier molecular flexibility index (Phi) is 5.22. The molecule has 0 aliphatic rings. The summed E-state index contributed by atoms with van der Waals surface area (Å²) < 4.78 is 8.05. The molecule has 4 rings (SSSR count). The topological polar surface area (TPSA) is 27.1 Å². The highest BCUT2D eigenvalue weighted by molar-refractivity contribution is 6.30. The first-order valence-electron chi connectivity index (χ1n) is 8.86. The lowest BCUT2D eigenvalue weighted by atomic mass is 10.2. The minimum atomic E-state index is 0.550. The van der Waals surface area contributed by atoms with Crippen LogP contribution >= 0.6 is 11.6 Å². The van der Waals surface area contributed by atoms with Crippen LogP contribution in [0, 0.1) is 0 Å². The number of para-hydroxylation sites is 2. The molecule has 0 radical (unpaired) electrons. The molecule has 1 heterocycles. The van der Waals surface area contributed by atoms with Crippen LogP contribution in [0.5, 0.6) is 5.75 Å². The number of nitrogens with zero attached hydrogens (tertiary/aromatic N) is 2. The first kappa shape index (κ1) is 17.4. The van der Waals surface area contributed by atoms with Gasteiger partial charge >= 0.3 is 0 Å². The van der Waals surface area contributed by atoms with Crippen LogP contribution in [-0.4, -0.2) is 16.2 Å². The summed E-state index contributed by atoms with van der Waals surface area (Å²) in [7, 11) is 0. The zero-order valence-electron chi connectivity index (χ0n) is 14.8. The Hall–Kier alpha value is -3.04. The highest BCUT2D eigenvalue weighted by atomic mass is 35.5. The Bertz CT molecular complexity index is 1050. The molecule has 4 heteroatoms. The zero-order chi connectivity index (χ0) is 18.5. The van der Waals surface area contributed by atoms with Crippen LogP contribution in [0.15, 0.2) is 78.9 Å². The van der Waals surface area contributed by atoms with E-state index in [1.54, 1.807) is 0 Å². The number of rotatable bonds is 6. The molecule has 0 atom stereocenters. The van der Waals surface area contributed by atoms with Gasteiger partial charge in [-0.05, 0) is 48.0 Å². The second-order valence-corrected chi connectivity index (χ2v) is 6.59. The lowest BCUT2D eigenvalue weighted by Gasteiger charge is -2.09. The van der Waals surface area contributed by atoms with Crippen molar-refractivity contribution in [3.8, 4) is 5.75 Å². The first-order chi connectivity index (χ1) is 13.3. The minimum Gasteiger partial charge on any atom is -0.492 e.